The van der Waals surface area contributed by atoms with E-state index in [1.165, 1.54) is 0 Å². The lowest BCUT2D eigenvalue weighted by Gasteiger charge is -2.22. The lowest BCUT2D eigenvalue weighted by Crippen LogP contribution is -2.37. The Morgan fingerprint density at radius 1 is 1.15 bits per heavy atom. The zero-order chi connectivity index (χ0) is 20.4. The highest BCUT2D eigenvalue weighted by Gasteiger charge is 2.34. The van der Waals surface area contributed by atoms with Crippen LogP contribution in [0.4, 0.5) is 28.9 Å². The quantitative estimate of drug-likeness (QED) is 0.740. The van der Waals surface area contributed by atoms with Gasteiger partial charge in [0, 0.05) is 5.02 Å². The van der Waals surface area contributed by atoms with Gasteiger partial charge in [-0.25, -0.2) is 12.8 Å². The first-order valence-electron chi connectivity index (χ1n) is 7.28. The van der Waals surface area contributed by atoms with E-state index in [9.17, 15) is 30.8 Å². The minimum Gasteiger partial charge on any atom is -0.324 e. The number of carbonyl (C=O) groups is 1. The molecule has 0 atom stereocenters. The highest BCUT2D eigenvalue weighted by atomic mass is 35.5. The Labute approximate surface area is 157 Å². The van der Waals surface area contributed by atoms with Gasteiger partial charge >= 0.3 is 6.18 Å². The Kier molecular flexibility index (Phi) is 6.01. The molecule has 0 bridgehead atoms. The van der Waals surface area contributed by atoms with Gasteiger partial charge in [0.05, 0.1) is 23.2 Å². The van der Waals surface area contributed by atoms with Gasteiger partial charge in [0.1, 0.15) is 12.4 Å². The molecule has 2 rings (SSSR count). The van der Waals surface area contributed by atoms with Gasteiger partial charge in [-0.05, 0) is 42.5 Å². The first-order valence-corrected chi connectivity index (χ1v) is 9.50. The zero-order valence-electron chi connectivity index (χ0n) is 13.7. The van der Waals surface area contributed by atoms with Crippen LogP contribution < -0.4 is 9.62 Å². The molecule has 5 nitrogen and oxygen atoms in total. The molecule has 0 aliphatic heterocycles. The summed E-state index contributed by atoms with van der Waals surface area (Å²) in [7, 11) is -3.96. The summed E-state index contributed by atoms with van der Waals surface area (Å²) in [5.74, 6) is -1.63. The minimum atomic E-state index is -4.78. The van der Waals surface area contributed by atoms with Crippen LogP contribution in [0, 0.1) is 5.82 Å². The molecule has 0 spiro atoms. The number of amides is 1. The van der Waals surface area contributed by atoms with Gasteiger partial charge in [-0.2, -0.15) is 13.2 Å². The van der Waals surface area contributed by atoms with Crippen molar-refractivity contribution >= 4 is 38.9 Å². The Morgan fingerprint density at radius 3 is 2.26 bits per heavy atom. The summed E-state index contributed by atoms with van der Waals surface area (Å²) in [6.45, 7) is -0.801. The minimum absolute atomic E-state index is 0.0128. The van der Waals surface area contributed by atoms with Crippen LogP contribution in [0.1, 0.15) is 5.56 Å². The molecule has 0 saturated heterocycles. The van der Waals surface area contributed by atoms with Gasteiger partial charge in [-0.15, -0.1) is 0 Å². The normalized spacial score (nSPS) is 11.9. The average molecular weight is 425 g/mol. The van der Waals surface area contributed by atoms with E-state index in [0.717, 1.165) is 42.7 Å². The van der Waals surface area contributed by atoms with Crippen LogP contribution >= 0.6 is 11.6 Å². The number of carbonyl (C=O) groups excluding carboxylic acids is 1. The average Bonchev–Trinajstić information content (AvgIpc) is 2.53. The third-order valence-corrected chi connectivity index (χ3v) is 4.74. The second-order valence-corrected chi connectivity index (χ2v) is 7.83. The maximum Gasteiger partial charge on any atom is 0.418 e. The molecule has 0 fully saturated rings. The van der Waals surface area contributed by atoms with Crippen molar-refractivity contribution in [2.24, 2.45) is 0 Å². The summed E-state index contributed by atoms with van der Waals surface area (Å²) in [4.78, 5) is 12.2. The van der Waals surface area contributed by atoms with Gasteiger partial charge in [0.15, 0.2) is 0 Å². The predicted molar refractivity (Wildman–Crippen MR) is 93.7 cm³/mol. The van der Waals surface area contributed by atoms with Crippen molar-refractivity contribution in [2.45, 2.75) is 6.18 Å². The standard InChI is InChI=1S/C16H13ClF4N2O3S/c1-27(25,26)23(12-5-3-11(18)4-6-12)9-15(24)22-14-7-2-10(17)8-13(14)16(19,20)21/h2-8H,9H2,1H3,(H,22,24). The number of nitrogens with one attached hydrogen (secondary N) is 1. The molecular formula is C16H13ClF4N2O3S. The van der Waals surface area contributed by atoms with Gasteiger partial charge in [0.25, 0.3) is 0 Å². The third kappa shape index (κ3) is 5.57. The van der Waals surface area contributed by atoms with Crippen molar-refractivity contribution in [3.8, 4) is 0 Å². The van der Waals surface area contributed by atoms with E-state index >= 15 is 0 Å². The van der Waals surface area contributed by atoms with Crippen LogP contribution in [0.15, 0.2) is 42.5 Å². The largest absolute Gasteiger partial charge is 0.418 e. The monoisotopic (exact) mass is 424 g/mol. The fourth-order valence-corrected chi connectivity index (χ4v) is 3.22. The molecule has 2 aromatic carbocycles. The summed E-state index contributed by atoms with van der Waals surface area (Å²) in [6, 6.07) is 7.01. The van der Waals surface area contributed by atoms with Crippen LogP contribution in [0.25, 0.3) is 0 Å². The van der Waals surface area contributed by atoms with E-state index in [1.54, 1.807) is 0 Å². The molecule has 1 N–H and O–H groups in total. The summed E-state index contributed by atoms with van der Waals surface area (Å²) >= 11 is 5.57. The number of alkyl halides is 3. The lowest BCUT2D eigenvalue weighted by atomic mass is 10.1. The molecule has 11 heteroatoms. The lowest BCUT2D eigenvalue weighted by molar-refractivity contribution is -0.137. The maximum absolute atomic E-state index is 13.1. The SMILES string of the molecule is CS(=O)(=O)N(CC(=O)Nc1ccc(Cl)cc1C(F)(F)F)c1ccc(F)cc1. The van der Waals surface area contributed by atoms with Crippen LogP contribution in [-0.2, 0) is 21.0 Å². The molecule has 0 saturated carbocycles. The van der Waals surface area contributed by atoms with Crippen molar-refractivity contribution in [1.82, 2.24) is 0 Å². The fourth-order valence-electron chi connectivity index (χ4n) is 2.19. The van der Waals surface area contributed by atoms with Crippen LogP contribution in [0.3, 0.4) is 0 Å². The van der Waals surface area contributed by atoms with E-state index in [0.29, 0.717) is 10.4 Å². The first kappa shape index (κ1) is 21.0. The second kappa shape index (κ2) is 7.73. The Balaban J connectivity index is 2.29. The van der Waals surface area contributed by atoms with Crippen molar-refractivity contribution in [3.63, 3.8) is 0 Å². The van der Waals surface area contributed by atoms with Crippen LogP contribution in [0.5, 0.6) is 0 Å². The summed E-state index contributed by atoms with van der Waals surface area (Å²) in [5, 5.41) is 1.85. The van der Waals surface area contributed by atoms with Crippen molar-refractivity contribution in [3.05, 3.63) is 58.9 Å². The Hall–Kier alpha value is -2.33. The summed E-state index contributed by atoms with van der Waals surface area (Å²) < 4.78 is 76.8. The third-order valence-electron chi connectivity index (χ3n) is 3.36. The molecule has 1 amide bonds. The van der Waals surface area contributed by atoms with Crippen molar-refractivity contribution < 1.29 is 30.8 Å². The number of rotatable bonds is 5. The number of halogens is 5. The van der Waals surface area contributed by atoms with Gasteiger partial charge < -0.3 is 5.32 Å². The molecule has 146 valence electrons. The summed E-state index contributed by atoms with van der Waals surface area (Å²) in [5.41, 5.74) is -1.75. The molecule has 0 aliphatic rings. The number of hydrogen-bond donors (Lipinski definition) is 1. The Bertz CT molecular complexity index is 947. The van der Waals surface area contributed by atoms with E-state index in [-0.39, 0.29) is 10.7 Å². The van der Waals surface area contributed by atoms with Crippen LogP contribution in [-0.4, -0.2) is 27.1 Å². The number of nitrogens with zero attached hydrogens (tertiary/aromatic N) is 1. The van der Waals surface area contributed by atoms with Gasteiger partial charge in [0.2, 0.25) is 15.9 Å². The molecule has 0 aromatic heterocycles. The topological polar surface area (TPSA) is 66.5 Å². The van der Waals surface area contributed by atoms with Crippen LogP contribution in [0.2, 0.25) is 5.02 Å². The maximum atomic E-state index is 13.1. The molecule has 27 heavy (non-hydrogen) atoms. The second-order valence-electron chi connectivity index (χ2n) is 5.48. The fraction of sp³-hybridized carbons (Fsp3) is 0.188. The van der Waals surface area contributed by atoms with E-state index < -0.39 is 45.7 Å². The van der Waals surface area contributed by atoms with Gasteiger partial charge in [-0.3, -0.25) is 9.10 Å². The van der Waals surface area contributed by atoms with E-state index in [2.05, 4.69) is 0 Å². The van der Waals surface area contributed by atoms with Crippen molar-refractivity contribution in [1.29, 1.82) is 0 Å². The van der Waals surface area contributed by atoms with Gasteiger partial charge in [-0.1, -0.05) is 11.6 Å². The number of benzene rings is 2. The number of sulfonamides is 1. The van der Waals surface area contributed by atoms with E-state index in [1.807, 2.05) is 5.32 Å². The number of anilines is 2. The molecule has 0 radical (unpaired) electrons. The highest BCUT2D eigenvalue weighted by Crippen LogP contribution is 2.36. The van der Waals surface area contributed by atoms with Crippen molar-refractivity contribution in [2.75, 3.05) is 22.4 Å². The highest BCUT2D eigenvalue weighted by molar-refractivity contribution is 7.92. The Morgan fingerprint density at radius 2 is 1.74 bits per heavy atom. The molecule has 0 aliphatic carbocycles. The molecule has 0 heterocycles. The molecular weight excluding hydrogens is 412 g/mol. The molecule has 0 unspecified atom stereocenters. The number of hydrogen-bond acceptors (Lipinski definition) is 3. The predicted octanol–water partition coefficient (Wildman–Crippen LogP) is 3.90. The van der Waals surface area contributed by atoms with E-state index in [4.69, 9.17) is 11.6 Å². The zero-order valence-corrected chi connectivity index (χ0v) is 15.3. The smallest absolute Gasteiger partial charge is 0.324 e. The first-order chi connectivity index (χ1) is 12.4. The molecule has 2 aromatic rings. The summed E-state index contributed by atoms with van der Waals surface area (Å²) in [6.07, 6.45) is -3.96.